The van der Waals surface area contributed by atoms with E-state index in [1.807, 2.05) is 0 Å². The van der Waals surface area contributed by atoms with Crippen LogP contribution in [0.1, 0.15) is 5.69 Å². The number of aliphatic hydroxyl groups is 1. The van der Waals surface area contributed by atoms with Gasteiger partial charge in [-0.1, -0.05) is 11.6 Å². The predicted molar refractivity (Wildman–Crippen MR) is 54.5 cm³/mol. The van der Waals surface area contributed by atoms with Gasteiger partial charge in [0.2, 0.25) is 0 Å². The molecule has 0 saturated heterocycles. The van der Waals surface area contributed by atoms with Gasteiger partial charge in [-0.2, -0.15) is 5.10 Å². The summed E-state index contributed by atoms with van der Waals surface area (Å²) in [6.07, 6.45) is 1.66. The topological polar surface area (TPSA) is 38.0 Å². The molecule has 0 amide bonds. The van der Waals surface area contributed by atoms with Crippen molar-refractivity contribution in [1.82, 2.24) is 9.78 Å². The van der Waals surface area contributed by atoms with Crippen LogP contribution in [0.15, 0.2) is 30.5 Å². The molecule has 0 radical (unpaired) electrons. The molecule has 2 rings (SSSR count). The minimum atomic E-state index is -0.390. The number of halogens is 2. The molecule has 1 heterocycles. The van der Waals surface area contributed by atoms with Gasteiger partial charge in [0.1, 0.15) is 5.82 Å². The number of rotatable bonds is 2. The predicted octanol–water partition coefficient (Wildman–Crippen LogP) is 2.16. The molecule has 0 bridgehead atoms. The second kappa shape index (κ2) is 4.00. The molecule has 78 valence electrons. The van der Waals surface area contributed by atoms with Gasteiger partial charge in [-0.15, -0.1) is 0 Å². The Labute approximate surface area is 90.7 Å². The zero-order valence-corrected chi connectivity index (χ0v) is 8.45. The van der Waals surface area contributed by atoms with Crippen LogP contribution >= 0.6 is 11.6 Å². The monoisotopic (exact) mass is 226 g/mol. The summed E-state index contributed by atoms with van der Waals surface area (Å²) in [5, 5.41) is 13.2. The molecule has 1 aromatic heterocycles. The normalized spacial score (nSPS) is 10.6. The lowest BCUT2D eigenvalue weighted by molar-refractivity contribution is 0.276. The first-order chi connectivity index (χ1) is 7.20. The number of nitrogens with zero attached hydrogens (tertiary/aromatic N) is 2. The van der Waals surface area contributed by atoms with E-state index in [4.69, 9.17) is 16.7 Å². The van der Waals surface area contributed by atoms with Crippen LogP contribution in [-0.2, 0) is 6.61 Å². The zero-order valence-electron chi connectivity index (χ0n) is 7.69. The summed E-state index contributed by atoms with van der Waals surface area (Å²) in [6, 6.07) is 5.73. The molecule has 2 aromatic rings. The van der Waals surface area contributed by atoms with Crippen molar-refractivity contribution in [2.75, 3.05) is 0 Å². The van der Waals surface area contributed by atoms with E-state index >= 15 is 0 Å². The van der Waals surface area contributed by atoms with E-state index < -0.39 is 5.82 Å². The average Bonchev–Trinajstić information content (AvgIpc) is 2.66. The Hall–Kier alpha value is -1.39. The van der Waals surface area contributed by atoms with Gasteiger partial charge in [0.15, 0.2) is 0 Å². The van der Waals surface area contributed by atoms with Crippen LogP contribution in [0.4, 0.5) is 4.39 Å². The first-order valence-electron chi connectivity index (χ1n) is 4.31. The lowest BCUT2D eigenvalue weighted by atomic mass is 10.3. The molecule has 0 fully saturated rings. The quantitative estimate of drug-likeness (QED) is 0.852. The maximum Gasteiger partial charge on any atom is 0.124 e. The van der Waals surface area contributed by atoms with Gasteiger partial charge < -0.3 is 5.11 Å². The van der Waals surface area contributed by atoms with Gasteiger partial charge in [-0.25, -0.2) is 9.07 Å². The van der Waals surface area contributed by atoms with Crippen molar-refractivity contribution in [3.63, 3.8) is 0 Å². The smallest absolute Gasteiger partial charge is 0.124 e. The maximum absolute atomic E-state index is 12.8. The van der Waals surface area contributed by atoms with Gasteiger partial charge in [-0.05, 0) is 24.3 Å². The van der Waals surface area contributed by atoms with E-state index in [-0.39, 0.29) is 11.6 Å². The second-order valence-corrected chi connectivity index (χ2v) is 3.41. The molecule has 5 heteroatoms. The Morgan fingerprint density at radius 2 is 2.20 bits per heavy atom. The van der Waals surface area contributed by atoms with E-state index in [9.17, 15) is 4.39 Å². The van der Waals surface area contributed by atoms with Crippen LogP contribution in [0, 0.1) is 5.82 Å². The fraction of sp³-hybridized carbons (Fsp3) is 0.100. The molecule has 0 aliphatic heterocycles. The Bertz CT molecular complexity index is 484. The molecule has 1 N–H and O–H groups in total. The Balaban J connectivity index is 2.44. The SMILES string of the molecule is OCc1ccn(-c2ccc(F)cc2Cl)n1. The van der Waals surface area contributed by atoms with Crippen LogP contribution in [0.2, 0.25) is 5.02 Å². The molecular formula is C10H8ClFN2O. The average molecular weight is 227 g/mol. The van der Waals surface area contributed by atoms with Crippen LogP contribution in [0.5, 0.6) is 0 Å². The van der Waals surface area contributed by atoms with Crippen molar-refractivity contribution in [1.29, 1.82) is 0 Å². The van der Waals surface area contributed by atoms with Gasteiger partial charge in [0.05, 0.1) is 23.0 Å². The largest absolute Gasteiger partial charge is 0.390 e. The lowest BCUT2D eigenvalue weighted by Gasteiger charge is -2.03. The fourth-order valence-electron chi connectivity index (χ4n) is 1.25. The van der Waals surface area contributed by atoms with Crippen molar-refractivity contribution < 1.29 is 9.50 Å². The molecule has 1 aromatic carbocycles. The van der Waals surface area contributed by atoms with Crippen molar-refractivity contribution in [2.45, 2.75) is 6.61 Å². The van der Waals surface area contributed by atoms with Gasteiger partial charge in [0.25, 0.3) is 0 Å². The molecule has 15 heavy (non-hydrogen) atoms. The van der Waals surface area contributed by atoms with E-state index in [1.165, 1.54) is 22.9 Å². The molecule has 3 nitrogen and oxygen atoms in total. The Kier molecular flexibility index (Phi) is 2.70. The fourth-order valence-corrected chi connectivity index (χ4v) is 1.50. The highest BCUT2D eigenvalue weighted by Crippen LogP contribution is 2.20. The van der Waals surface area contributed by atoms with Crippen molar-refractivity contribution >= 4 is 11.6 Å². The summed E-state index contributed by atoms with van der Waals surface area (Å²) in [5.74, 6) is -0.390. The van der Waals surface area contributed by atoms with Gasteiger partial charge in [0, 0.05) is 6.20 Å². The minimum Gasteiger partial charge on any atom is -0.390 e. The molecular weight excluding hydrogens is 219 g/mol. The highest BCUT2D eigenvalue weighted by molar-refractivity contribution is 6.32. The number of hydrogen-bond acceptors (Lipinski definition) is 2. The number of aromatic nitrogens is 2. The van der Waals surface area contributed by atoms with E-state index in [0.29, 0.717) is 11.4 Å². The van der Waals surface area contributed by atoms with Crippen molar-refractivity contribution in [2.24, 2.45) is 0 Å². The molecule has 0 aliphatic rings. The summed E-state index contributed by atoms with van der Waals surface area (Å²) in [5.41, 5.74) is 1.12. The summed E-state index contributed by atoms with van der Waals surface area (Å²) in [7, 11) is 0. The summed E-state index contributed by atoms with van der Waals surface area (Å²) in [6.45, 7) is -0.133. The van der Waals surface area contributed by atoms with E-state index in [1.54, 1.807) is 12.3 Å². The van der Waals surface area contributed by atoms with Crippen LogP contribution in [-0.4, -0.2) is 14.9 Å². The number of aliphatic hydroxyl groups excluding tert-OH is 1. The summed E-state index contributed by atoms with van der Waals surface area (Å²) < 4.78 is 14.3. The molecule has 0 atom stereocenters. The third kappa shape index (κ3) is 2.00. The van der Waals surface area contributed by atoms with E-state index in [0.717, 1.165) is 0 Å². The Morgan fingerprint density at radius 3 is 2.80 bits per heavy atom. The second-order valence-electron chi connectivity index (χ2n) is 3.01. The highest BCUT2D eigenvalue weighted by atomic mass is 35.5. The standard InChI is InChI=1S/C10H8ClFN2O/c11-9-5-7(12)1-2-10(9)14-4-3-8(6-15)13-14/h1-5,15H,6H2. The first kappa shape index (κ1) is 10.1. The third-order valence-corrected chi connectivity index (χ3v) is 2.27. The summed E-state index contributed by atoms with van der Waals surface area (Å²) in [4.78, 5) is 0. The van der Waals surface area contributed by atoms with Crippen LogP contribution in [0.3, 0.4) is 0 Å². The highest BCUT2D eigenvalue weighted by Gasteiger charge is 2.05. The van der Waals surface area contributed by atoms with Crippen molar-refractivity contribution in [3.05, 3.63) is 47.0 Å². The lowest BCUT2D eigenvalue weighted by Crippen LogP contribution is -1.97. The van der Waals surface area contributed by atoms with Crippen LogP contribution < -0.4 is 0 Å². The third-order valence-electron chi connectivity index (χ3n) is 1.96. The molecule has 0 unspecified atom stereocenters. The zero-order chi connectivity index (χ0) is 10.8. The molecule has 0 aliphatic carbocycles. The number of hydrogen-bond donors (Lipinski definition) is 1. The molecule has 0 saturated carbocycles. The minimum absolute atomic E-state index is 0.133. The molecule has 0 spiro atoms. The maximum atomic E-state index is 12.8. The summed E-state index contributed by atoms with van der Waals surface area (Å²) >= 11 is 5.85. The van der Waals surface area contributed by atoms with Gasteiger partial charge >= 0.3 is 0 Å². The first-order valence-corrected chi connectivity index (χ1v) is 4.69. The number of benzene rings is 1. The van der Waals surface area contributed by atoms with Crippen LogP contribution in [0.25, 0.3) is 5.69 Å². The Morgan fingerprint density at radius 1 is 1.40 bits per heavy atom. The van der Waals surface area contributed by atoms with Gasteiger partial charge in [-0.3, -0.25) is 0 Å². The van der Waals surface area contributed by atoms with E-state index in [2.05, 4.69) is 5.10 Å². The van der Waals surface area contributed by atoms with Crippen molar-refractivity contribution in [3.8, 4) is 5.69 Å².